The van der Waals surface area contributed by atoms with Crippen molar-refractivity contribution in [2.75, 3.05) is 80.5 Å². The summed E-state index contributed by atoms with van der Waals surface area (Å²) in [6.45, 7) is 13.4. The van der Waals surface area contributed by atoms with E-state index >= 15 is 0 Å². The molecule has 3 amide bonds. The van der Waals surface area contributed by atoms with Crippen LogP contribution in [0.4, 0.5) is 0 Å². The van der Waals surface area contributed by atoms with E-state index in [4.69, 9.17) is 58.0 Å². The largest absolute Gasteiger partial charge is 0.343 e. The van der Waals surface area contributed by atoms with Gasteiger partial charge in [0.1, 0.15) is 0 Å². The van der Waals surface area contributed by atoms with Gasteiger partial charge >= 0.3 is 0 Å². The molecule has 12 nitrogen and oxygen atoms in total. The van der Waals surface area contributed by atoms with Crippen molar-refractivity contribution in [3.05, 3.63) is 210 Å². The maximum Gasteiger partial charge on any atom is 0.254 e. The van der Waals surface area contributed by atoms with E-state index in [9.17, 15) is 27.6 Å². The first kappa shape index (κ1) is 75.8. The summed E-state index contributed by atoms with van der Waals surface area (Å²) in [6, 6.07) is 46.0. The maximum absolute atomic E-state index is 14.1. The zero-order chi connectivity index (χ0) is 64.4. The highest BCUT2D eigenvalue weighted by atomic mass is 35.5. The van der Waals surface area contributed by atoms with Gasteiger partial charge in [0.2, 0.25) is 11.8 Å². The topological polar surface area (TPSA) is 131 Å². The number of rotatable bonds is 18. The summed E-state index contributed by atoms with van der Waals surface area (Å²) in [5.74, 6) is 0.986. The number of likely N-dealkylation sites (N-methyl/N-ethyl adjacent to an activating group) is 4. The molecule has 2 spiro atoms. The summed E-state index contributed by atoms with van der Waals surface area (Å²) < 4.78 is 26.1. The van der Waals surface area contributed by atoms with E-state index in [1.165, 1.54) is 22.3 Å². The molecule has 91 heavy (non-hydrogen) atoms. The van der Waals surface area contributed by atoms with Crippen molar-refractivity contribution >= 4 is 130 Å². The molecule has 1 N–H and O–H groups in total. The van der Waals surface area contributed by atoms with Crippen molar-refractivity contribution in [1.29, 1.82) is 0 Å². The maximum atomic E-state index is 14.1. The zero-order valence-electron chi connectivity index (χ0n) is 53.2. The molecule has 2 unspecified atom stereocenters. The van der Waals surface area contributed by atoms with Crippen LogP contribution in [0.15, 0.2) is 146 Å². The van der Waals surface area contributed by atoms with Gasteiger partial charge in [0.15, 0.2) is 0 Å². The first-order valence-corrected chi connectivity index (χ1v) is 35.0. The van der Waals surface area contributed by atoms with Gasteiger partial charge in [0.25, 0.3) is 11.1 Å². The number of hydrogen-bond acceptors (Lipinski definition) is 9. The normalized spacial score (nSPS) is 18.4. The summed E-state index contributed by atoms with van der Waals surface area (Å²) >= 11 is 30.8. The lowest BCUT2D eigenvalue weighted by Crippen LogP contribution is -2.56. The lowest BCUT2D eigenvalue weighted by Gasteiger charge is -2.47. The van der Waals surface area contributed by atoms with E-state index < -0.39 is 37.9 Å². The van der Waals surface area contributed by atoms with Crippen LogP contribution in [0.1, 0.15) is 120 Å². The number of likely N-dealkylation sites (tertiary alicyclic amines) is 2. The standard InChI is InChI=1S/C35H41Cl2N3O3S.C28H37Cl2N3O2S.C7H5ClO.2H2S/c1-25(2)32(41)38(3)24-34(28-14-15-30(36)31(37)22-28,39(4)33(42)26-10-6-5-7-11-26)16-19-40-20-17-35(18-21-40)29-13-9-8-12-27(29)23-44(35)43;1-20(2)26(34)32(4)19-27(31-3,22-9-10-24(29)25(30)17-22)11-14-33-15-12-28(13-16-33)23-8-6-5-7-21(23)18-36(28)35;8-7(9)6-4-2-1-3-5-6;;/h5-15,22,25H,16-21,23-24H2,1-4H3;5-10,17,20,31H,11-16,18-19H2,1-4H3;1-5H;2*1H2/t34-,44?;27-,36?;;;/m11.../s1. The van der Waals surface area contributed by atoms with Crippen LogP contribution in [0.5, 0.6) is 0 Å². The van der Waals surface area contributed by atoms with Gasteiger partial charge in [-0.25, -0.2) is 0 Å². The average Bonchev–Trinajstić information content (AvgIpc) is 1.72. The van der Waals surface area contributed by atoms with Gasteiger partial charge in [-0.2, -0.15) is 27.0 Å². The van der Waals surface area contributed by atoms with Crippen LogP contribution in [0.25, 0.3) is 0 Å². The number of halogens is 5. The Kier molecular flexibility index (Phi) is 27.8. The molecule has 4 heterocycles. The van der Waals surface area contributed by atoms with Gasteiger partial charge < -0.3 is 29.8 Å². The quantitative estimate of drug-likeness (QED) is 0.0836. The average molecular weight is 1410 g/mol. The van der Waals surface area contributed by atoms with E-state index in [0.717, 1.165) is 76.0 Å². The highest BCUT2D eigenvalue weighted by Gasteiger charge is 2.49. The number of hydrogen-bond donors (Lipinski definition) is 1. The fraction of sp³-hybridized carbons (Fsp3) is 0.429. The molecule has 4 atom stereocenters. The third-order valence-electron chi connectivity index (χ3n) is 18.6. The molecule has 0 aliphatic carbocycles. The first-order valence-electron chi connectivity index (χ1n) is 30.5. The third-order valence-corrected chi connectivity index (χ3v) is 24.4. The number of fused-ring (bicyclic) bond motifs is 4. The summed E-state index contributed by atoms with van der Waals surface area (Å²) in [7, 11) is 5.62. The molecule has 6 aromatic carbocycles. The molecule has 0 aromatic heterocycles. The molecular weight excluding hydrogens is 1330 g/mol. The molecule has 10 rings (SSSR count). The number of amides is 3. The van der Waals surface area contributed by atoms with Gasteiger partial charge in [-0.1, -0.05) is 183 Å². The molecule has 2 saturated heterocycles. The molecule has 0 bridgehead atoms. The lowest BCUT2D eigenvalue weighted by molar-refractivity contribution is -0.135. The second kappa shape index (κ2) is 33.4. The number of nitrogens with one attached hydrogen (secondary N) is 1. The Balaban J connectivity index is 0.000000252. The van der Waals surface area contributed by atoms with Gasteiger partial charge in [-0.3, -0.25) is 27.6 Å². The first-order chi connectivity index (χ1) is 42.4. The van der Waals surface area contributed by atoms with E-state index in [1.807, 2.05) is 133 Å². The van der Waals surface area contributed by atoms with Gasteiger partial charge in [-0.05, 0) is 153 Å². The van der Waals surface area contributed by atoms with Crippen LogP contribution in [0, 0.1) is 11.8 Å². The summed E-state index contributed by atoms with van der Waals surface area (Å²) in [6.07, 6.45) is 4.80. The molecule has 0 radical (unpaired) electrons. The minimum atomic E-state index is -0.938. The molecule has 4 aliphatic rings. The number of nitrogens with zero attached hydrogens (tertiary/aromatic N) is 5. The number of benzene rings is 6. The fourth-order valence-electron chi connectivity index (χ4n) is 13.3. The Morgan fingerprint density at radius 2 is 0.934 bits per heavy atom. The molecule has 492 valence electrons. The Bertz CT molecular complexity index is 3520. The molecule has 21 heteroatoms. The Hall–Kier alpha value is -4.27. The van der Waals surface area contributed by atoms with Crippen molar-refractivity contribution < 1.29 is 27.6 Å². The lowest BCUT2D eigenvalue weighted by atomic mass is 9.82. The van der Waals surface area contributed by atoms with Gasteiger partial charge in [0.05, 0.1) is 40.7 Å². The molecule has 6 aromatic rings. The highest BCUT2D eigenvalue weighted by molar-refractivity contribution is 7.85. The Morgan fingerprint density at radius 3 is 1.35 bits per heavy atom. The van der Waals surface area contributed by atoms with Gasteiger partial charge in [-0.15, -0.1) is 0 Å². The molecular formula is C70H87Cl5N6O6S4. The van der Waals surface area contributed by atoms with E-state index in [-0.39, 0.29) is 72.6 Å². The number of piperidine rings is 2. The summed E-state index contributed by atoms with van der Waals surface area (Å²) in [4.78, 5) is 60.7. The fourth-order valence-corrected chi connectivity index (χ4v) is 17.9. The van der Waals surface area contributed by atoms with Crippen LogP contribution in [-0.4, -0.2) is 136 Å². The van der Waals surface area contributed by atoms with E-state index in [2.05, 4.69) is 51.5 Å². The number of carbonyl (C=O) groups excluding carboxylic acids is 4. The monoisotopic (exact) mass is 1410 g/mol. The smallest absolute Gasteiger partial charge is 0.254 e. The van der Waals surface area contributed by atoms with Crippen molar-refractivity contribution in [3.8, 4) is 0 Å². The third kappa shape index (κ3) is 17.2. The van der Waals surface area contributed by atoms with Crippen LogP contribution in [0.2, 0.25) is 20.1 Å². The van der Waals surface area contributed by atoms with Crippen molar-refractivity contribution in [2.24, 2.45) is 11.8 Å². The molecule has 2 fully saturated rings. The predicted molar refractivity (Wildman–Crippen MR) is 387 cm³/mol. The van der Waals surface area contributed by atoms with E-state index in [0.29, 0.717) is 62.2 Å². The summed E-state index contributed by atoms with van der Waals surface area (Å²) in [5, 5.41) is 4.99. The molecule has 4 aliphatic heterocycles. The van der Waals surface area contributed by atoms with Crippen molar-refractivity contribution in [3.63, 3.8) is 0 Å². The Labute approximate surface area is 583 Å². The highest BCUT2D eigenvalue weighted by Crippen LogP contribution is 2.49. The van der Waals surface area contributed by atoms with Crippen molar-refractivity contribution in [2.45, 2.75) is 98.3 Å². The van der Waals surface area contributed by atoms with Crippen LogP contribution in [-0.2, 0) is 63.3 Å². The minimum Gasteiger partial charge on any atom is -0.343 e. The van der Waals surface area contributed by atoms with Crippen LogP contribution in [0.3, 0.4) is 0 Å². The summed E-state index contributed by atoms with van der Waals surface area (Å²) in [5.41, 5.74) is 6.54. The van der Waals surface area contributed by atoms with Crippen LogP contribution < -0.4 is 5.32 Å². The minimum absolute atomic E-state index is 0. The molecule has 0 saturated carbocycles. The van der Waals surface area contributed by atoms with E-state index in [1.54, 1.807) is 47.2 Å². The second-order valence-electron chi connectivity index (χ2n) is 24.7. The second-order valence-corrected chi connectivity index (χ2v) is 30.1. The zero-order valence-corrected chi connectivity index (χ0v) is 60.6. The Morgan fingerprint density at radius 1 is 0.538 bits per heavy atom. The predicted octanol–water partition coefficient (Wildman–Crippen LogP) is 14.2. The van der Waals surface area contributed by atoms with Gasteiger partial charge in [0, 0.05) is 103 Å². The van der Waals surface area contributed by atoms with Crippen molar-refractivity contribution in [1.82, 2.24) is 29.8 Å². The van der Waals surface area contributed by atoms with Crippen LogP contribution >= 0.6 is 85.0 Å². The SMILES string of the molecule is CC(C)C(=O)N(C)C[C@](CCN1CCC2(CC1)c1ccccc1CS2=O)(c1ccc(Cl)c(Cl)c1)N(C)C(=O)c1ccccc1.CN[C@](CCN1CCC2(CC1)c1ccccc1CS2=O)(CN(C)C(=O)C(C)C)c1ccc(Cl)c(Cl)c1.O=C(Cl)c1ccccc1.S.S. The number of carbonyl (C=O) groups is 4.